The van der Waals surface area contributed by atoms with Crippen molar-refractivity contribution >= 4 is 23.4 Å². The molecule has 0 N–H and O–H groups in total. The molecule has 0 saturated carbocycles. The Morgan fingerprint density at radius 2 is 1.93 bits per heavy atom. The number of anilines is 1. The topological polar surface area (TPSA) is 20.3 Å². The number of nitrogens with zero attached hydrogens (tertiary/aromatic N) is 1. The van der Waals surface area contributed by atoms with Gasteiger partial charge in [0.25, 0.3) is 0 Å². The van der Waals surface area contributed by atoms with Crippen molar-refractivity contribution in [3.63, 3.8) is 0 Å². The van der Waals surface area contributed by atoms with Gasteiger partial charge in [0.05, 0.1) is 5.37 Å². The summed E-state index contributed by atoms with van der Waals surface area (Å²) in [5.41, 5.74) is 0.960. The molecule has 3 heteroatoms. The summed E-state index contributed by atoms with van der Waals surface area (Å²) in [5, 5.41) is 0.176. The lowest BCUT2D eigenvalue weighted by atomic mass is 10.3. The maximum absolute atomic E-state index is 11.5. The third-order valence-electron chi connectivity index (χ3n) is 2.08. The van der Waals surface area contributed by atoms with Gasteiger partial charge >= 0.3 is 0 Å². The van der Waals surface area contributed by atoms with Crippen molar-refractivity contribution in [1.29, 1.82) is 0 Å². The largest absolute Gasteiger partial charge is 0.301 e. The van der Waals surface area contributed by atoms with E-state index in [9.17, 15) is 4.79 Å². The zero-order valence-electron chi connectivity index (χ0n) is 8.73. The van der Waals surface area contributed by atoms with Crippen molar-refractivity contribution in [2.45, 2.75) is 19.2 Å². The van der Waals surface area contributed by atoms with Crippen molar-refractivity contribution < 1.29 is 4.79 Å². The smallest absolute Gasteiger partial charge is 0.224 e. The Morgan fingerprint density at radius 1 is 1.36 bits per heavy atom. The Kier molecular flexibility index (Phi) is 4.01. The van der Waals surface area contributed by atoms with Gasteiger partial charge in [0.1, 0.15) is 0 Å². The molecule has 2 nitrogen and oxygen atoms in total. The van der Waals surface area contributed by atoms with Crippen LogP contribution in [0.4, 0.5) is 5.69 Å². The molecule has 0 fully saturated rings. The molecule has 0 heterocycles. The molecule has 1 atom stereocenters. The quantitative estimate of drug-likeness (QED) is 0.713. The Balaban J connectivity index is 2.95. The first-order valence-corrected chi connectivity index (χ1v) is 5.83. The highest BCUT2D eigenvalue weighted by atomic mass is 32.2. The van der Waals surface area contributed by atoms with Gasteiger partial charge in [0, 0.05) is 12.6 Å². The number of hydrogen-bond acceptors (Lipinski definition) is 2. The fourth-order valence-electron chi connectivity index (χ4n) is 1.34. The fraction of sp³-hybridized carbons (Fsp3) is 0.364. The predicted molar refractivity (Wildman–Crippen MR) is 62.6 cm³/mol. The molecule has 0 radical (unpaired) electrons. The van der Waals surface area contributed by atoms with Gasteiger partial charge < -0.3 is 4.90 Å². The van der Waals surface area contributed by atoms with Gasteiger partial charge in [-0.1, -0.05) is 18.2 Å². The molecule has 0 bridgehead atoms. The Labute approximate surface area is 89.3 Å². The maximum atomic E-state index is 11.5. The summed E-state index contributed by atoms with van der Waals surface area (Å²) in [4.78, 5) is 13.3. The van der Waals surface area contributed by atoms with Crippen LogP contribution in [0.25, 0.3) is 0 Å². The third-order valence-corrected chi connectivity index (χ3v) is 2.97. The highest BCUT2D eigenvalue weighted by Crippen LogP contribution is 2.21. The summed E-state index contributed by atoms with van der Waals surface area (Å²) in [6.07, 6.45) is 2.00. The van der Waals surface area contributed by atoms with Crippen LogP contribution in [-0.4, -0.2) is 17.5 Å². The number of thioether (sulfide) groups is 1. The van der Waals surface area contributed by atoms with Crippen LogP contribution in [0.5, 0.6) is 0 Å². The number of rotatable bonds is 3. The van der Waals surface area contributed by atoms with Crippen molar-refractivity contribution in [3.8, 4) is 0 Å². The van der Waals surface area contributed by atoms with Gasteiger partial charge in [0.15, 0.2) is 0 Å². The minimum Gasteiger partial charge on any atom is -0.301 e. The third kappa shape index (κ3) is 2.51. The van der Waals surface area contributed by atoms with Gasteiger partial charge in [-0.15, -0.1) is 11.8 Å². The summed E-state index contributed by atoms with van der Waals surface area (Å²) < 4.78 is 0. The van der Waals surface area contributed by atoms with Crippen LogP contribution in [0.2, 0.25) is 0 Å². The molecular formula is C11H15NOS. The van der Waals surface area contributed by atoms with E-state index in [1.165, 1.54) is 0 Å². The molecule has 1 amide bonds. The van der Waals surface area contributed by atoms with Gasteiger partial charge in [-0.05, 0) is 25.3 Å². The lowest BCUT2D eigenvalue weighted by molar-refractivity contribution is -0.116. The second-order valence-electron chi connectivity index (χ2n) is 3.06. The van der Waals surface area contributed by atoms with Gasteiger partial charge in [-0.2, -0.15) is 0 Å². The van der Waals surface area contributed by atoms with Crippen LogP contribution in [0.1, 0.15) is 13.8 Å². The molecule has 0 saturated heterocycles. The van der Waals surface area contributed by atoms with Gasteiger partial charge in [-0.3, -0.25) is 4.79 Å². The Morgan fingerprint density at radius 3 is 2.36 bits per heavy atom. The summed E-state index contributed by atoms with van der Waals surface area (Å²) >= 11 is 1.66. The Bertz CT molecular complexity index is 299. The summed E-state index contributed by atoms with van der Waals surface area (Å²) in [6.45, 7) is 3.62. The lowest BCUT2D eigenvalue weighted by Crippen LogP contribution is -2.34. The first-order valence-electron chi connectivity index (χ1n) is 4.54. The molecule has 0 aliphatic rings. The number of para-hydroxylation sites is 1. The Hall–Kier alpha value is -0.960. The summed E-state index contributed by atoms with van der Waals surface area (Å²) in [5.74, 6) is 0.0815. The highest BCUT2D eigenvalue weighted by molar-refractivity contribution is 7.99. The molecule has 1 rings (SSSR count). The van der Waals surface area contributed by atoms with Gasteiger partial charge in [0.2, 0.25) is 5.91 Å². The van der Waals surface area contributed by atoms with Crippen LogP contribution < -0.4 is 4.90 Å². The molecule has 14 heavy (non-hydrogen) atoms. The van der Waals surface area contributed by atoms with E-state index < -0.39 is 0 Å². The molecular weight excluding hydrogens is 194 g/mol. The van der Waals surface area contributed by atoms with E-state index in [4.69, 9.17) is 0 Å². The molecule has 0 aromatic heterocycles. The standard InChI is InChI=1S/C11H15NOS/c1-9(13)12(10(2)14-3)11-7-5-4-6-8-11/h4-8,10H,1-3H3. The van der Waals surface area contributed by atoms with Crippen molar-refractivity contribution in [3.05, 3.63) is 30.3 Å². The highest BCUT2D eigenvalue weighted by Gasteiger charge is 2.16. The van der Waals surface area contributed by atoms with Crippen LogP contribution in [0, 0.1) is 0 Å². The maximum Gasteiger partial charge on any atom is 0.224 e. The molecule has 0 aliphatic carbocycles. The number of amides is 1. The minimum atomic E-state index is 0.0815. The normalized spacial score (nSPS) is 12.2. The van der Waals surface area contributed by atoms with E-state index in [2.05, 4.69) is 0 Å². The van der Waals surface area contributed by atoms with Crippen molar-refractivity contribution in [1.82, 2.24) is 0 Å². The monoisotopic (exact) mass is 209 g/mol. The van der Waals surface area contributed by atoms with E-state index in [1.807, 2.05) is 43.5 Å². The van der Waals surface area contributed by atoms with E-state index in [0.29, 0.717) is 0 Å². The lowest BCUT2D eigenvalue weighted by Gasteiger charge is -2.26. The summed E-state index contributed by atoms with van der Waals surface area (Å²) in [6, 6.07) is 9.74. The molecule has 1 aromatic carbocycles. The molecule has 1 aromatic rings. The fourth-order valence-corrected chi connectivity index (χ4v) is 1.82. The second kappa shape index (κ2) is 5.05. The summed E-state index contributed by atoms with van der Waals surface area (Å²) in [7, 11) is 0. The van der Waals surface area contributed by atoms with Crippen LogP contribution >= 0.6 is 11.8 Å². The van der Waals surface area contributed by atoms with Crippen LogP contribution in [0.15, 0.2) is 30.3 Å². The van der Waals surface area contributed by atoms with Crippen LogP contribution in [-0.2, 0) is 4.79 Å². The van der Waals surface area contributed by atoms with E-state index in [0.717, 1.165) is 5.69 Å². The number of carbonyl (C=O) groups is 1. The molecule has 0 spiro atoms. The average molecular weight is 209 g/mol. The number of carbonyl (C=O) groups excluding carboxylic acids is 1. The molecule has 76 valence electrons. The molecule has 1 unspecified atom stereocenters. The predicted octanol–water partition coefficient (Wildman–Crippen LogP) is 2.75. The van der Waals surface area contributed by atoms with E-state index >= 15 is 0 Å². The average Bonchev–Trinajstić information content (AvgIpc) is 2.19. The zero-order valence-corrected chi connectivity index (χ0v) is 9.54. The SMILES string of the molecule is CSC(C)N(C(C)=O)c1ccccc1. The second-order valence-corrected chi connectivity index (χ2v) is 4.21. The minimum absolute atomic E-state index is 0.0815. The van der Waals surface area contributed by atoms with Crippen molar-refractivity contribution in [2.75, 3.05) is 11.2 Å². The van der Waals surface area contributed by atoms with E-state index in [1.54, 1.807) is 23.6 Å². The first-order chi connectivity index (χ1) is 6.66. The van der Waals surface area contributed by atoms with Crippen molar-refractivity contribution in [2.24, 2.45) is 0 Å². The first kappa shape index (κ1) is 11.1. The number of benzene rings is 1. The molecule has 0 aliphatic heterocycles. The van der Waals surface area contributed by atoms with Crippen LogP contribution in [0.3, 0.4) is 0 Å². The zero-order chi connectivity index (χ0) is 10.6. The van der Waals surface area contributed by atoms with E-state index in [-0.39, 0.29) is 11.3 Å². The van der Waals surface area contributed by atoms with Gasteiger partial charge in [-0.25, -0.2) is 0 Å². The number of hydrogen-bond donors (Lipinski definition) is 0.